The number of hydrogen-bond donors (Lipinski definition) is 3. The molecule has 0 aromatic carbocycles. The highest BCUT2D eigenvalue weighted by Gasteiger charge is 2.26. The van der Waals surface area contributed by atoms with Crippen LogP contribution in [-0.2, 0) is 4.79 Å². The van der Waals surface area contributed by atoms with E-state index in [-0.39, 0.29) is 17.9 Å². The first-order chi connectivity index (χ1) is 8.08. The van der Waals surface area contributed by atoms with E-state index in [4.69, 9.17) is 0 Å². The highest BCUT2D eigenvalue weighted by atomic mass is 16.3. The van der Waals surface area contributed by atoms with E-state index in [1.807, 2.05) is 20.8 Å². The number of aliphatic hydroxyl groups is 1. The highest BCUT2D eigenvalue weighted by molar-refractivity contribution is 5.94. The monoisotopic (exact) mass is 240 g/mol. The summed E-state index contributed by atoms with van der Waals surface area (Å²) in [5.74, 6) is 0.00113. The van der Waals surface area contributed by atoms with E-state index in [2.05, 4.69) is 10.6 Å². The third-order valence-electron chi connectivity index (χ3n) is 4.01. The zero-order chi connectivity index (χ0) is 12.9. The first-order valence-electron chi connectivity index (χ1n) is 6.37. The summed E-state index contributed by atoms with van der Waals surface area (Å²) >= 11 is 0. The van der Waals surface area contributed by atoms with Gasteiger partial charge in [-0.15, -0.1) is 0 Å². The van der Waals surface area contributed by atoms with E-state index < -0.39 is 0 Å². The molecule has 98 valence electrons. The fourth-order valence-electron chi connectivity index (χ4n) is 1.86. The van der Waals surface area contributed by atoms with Crippen molar-refractivity contribution in [3.05, 3.63) is 11.1 Å². The Labute approximate surface area is 103 Å². The molecule has 4 heteroatoms. The van der Waals surface area contributed by atoms with Gasteiger partial charge in [-0.05, 0) is 25.3 Å². The maximum absolute atomic E-state index is 11.9. The van der Waals surface area contributed by atoms with Crippen molar-refractivity contribution in [1.29, 1.82) is 0 Å². The van der Waals surface area contributed by atoms with Gasteiger partial charge in [0.2, 0.25) is 5.91 Å². The van der Waals surface area contributed by atoms with Crippen LogP contribution in [0.15, 0.2) is 11.1 Å². The van der Waals surface area contributed by atoms with Gasteiger partial charge in [-0.3, -0.25) is 4.79 Å². The molecule has 1 heterocycles. The van der Waals surface area contributed by atoms with Crippen molar-refractivity contribution in [2.75, 3.05) is 26.2 Å². The summed E-state index contributed by atoms with van der Waals surface area (Å²) in [7, 11) is 0. The molecule has 0 saturated carbocycles. The molecule has 0 unspecified atom stereocenters. The standard InChI is InChI=1S/C13H24N2O2/c1-4-13(5-2,9-16)8-15-12(17)10(3)11-6-14-7-11/h14,16H,4-9H2,1-3H3,(H,15,17). The van der Waals surface area contributed by atoms with Gasteiger partial charge in [0.25, 0.3) is 0 Å². The molecule has 0 aromatic heterocycles. The molecule has 0 radical (unpaired) electrons. The first kappa shape index (κ1) is 14.2. The lowest BCUT2D eigenvalue weighted by Crippen LogP contribution is -2.42. The van der Waals surface area contributed by atoms with Crippen molar-refractivity contribution in [2.24, 2.45) is 5.41 Å². The van der Waals surface area contributed by atoms with Gasteiger partial charge < -0.3 is 15.7 Å². The summed E-state index contributed by atoms with van der Waals surface area (Å²) < 4.78 is 0. The molecule has 17 heavy (non-hydrogen) atoms. The quantitative estimate of drug-likeness (QED) is 0.602. The maximum atomic E-state index is 11.9. The van der Waals surface area contributed by atoms with Gasteiger partial charge in [0.1, 0.15) is 0 Å². The van der Waals surface area contributed by atoms with Gasteiger partial charge in [0, 0.05) is 30.6 Å². The molecule has 0 bridgehead atoms. The Hall–Kier alpha value is -0.870. The molecule has 1 rings (SSSR count). The lowest BCUT2D eigenvalue weighted by molar-refractivity contribution is -0.118. The van der Waals surface area contributed by atoms with Crippen LogP contribution in [0.2, 0.25) is 0 Å². The number of hydrogen-bond acceptors (Lipinski definition) is 3. The Balaban J connectivity index is 2.52. The Bertz CT molecular complexity index is 292. The highest BCUT2D eigenvalue weighted by Crippen LogP contribution is 2.24. The summed E-state index contributed by atoms with van der Waals surface area (Å²) in [6, 6.07) is 0. The summed E-state index contributed by atoms with van der Waals surface area (Å²) in [4.78, 5) is 11.9. The molecule has 1 aliphatic rings. The Morgan fingerprint density at radius 2 is 2.00 bits per heavy atom. The summed E-state index contributed by atoms with van der Waals surface area (Å²) in [6.45, 7) is 8.28. The Kier molecular flexibility index (Phi) is 5.15. The topological polar surface area (TPSA) is 61.4 Å². The predicted octanol–water partition coefficient (Wildman–Crippen LogP) is 0.821. The molecular weight excluding hydrogens is 216 g/mol. The van der Waals surface area contributed by atoms with Crippen LogP contribution in [0, 0.1) is 5.41 Å². The number of amides is 1. The van der Waals surface area contributed by atoms with Crippen LogP contribution in [-0.4, -0.2) is 37.3 Å². The molecule has 1 fully saturated rings. The van der Waals surface area contributed by atoms with E-state index in [1.165, 1.54) is 5.57 Å². The SMILES string of the molecule is CCC(CC)(CO)CNC(=O)C(C)=C1CNC1. The summed E-state index contributed by atoms with van der Waals surface area (Å²) in [5.41, 5.74) is 1.84. The van der Waals surface area contributed by atoms with Gasteiger partial charge in [-0.2, -0.15) is 0 Å². The molecule has 1 saturated heterocycles. The fourth-order valence-corrected chi connectivity index (χ4v) is 1.86. The van der Waals surface area contributed by atoms with Crippen LogP contribution >= 0.6 is 0 Å². The van der Waals surface area contributed by atoms with E-state index in [0.717, 1.165) is 31.5 Å². The molecule has 4 nitrogen and oxygen atoms in total. The summed E-state index contributed by atoms with van der Waals surface area (Å²) in [6.07, 6.45) is 1.74. The van der Waals surface area contributed by atoms with Gasteiger partial charge in [0.05, 0.1) is 6.61 Å². The smallest absolute Gasteiger partial charge is 0.246 e. The minimum Gasteiger partial charge on any atom is -0.396 e. The molecule has 3 N–H and O–H groups in total. The van der Waals surface area contributed by atoms with Crippen molar-refractivity contribution in [1.82, 2.24) is 10.6 Å². The molecule has 0 aliphatic carbocycles. The molecular formula is C13H24N2O2. The average molecular weight is 240 g/mol. The fraction of sp³-hybridized carbons (Fsp3) is 0.769. The minimum absolute atomic E-state index is 0.00113. The second kappa shape index (κ2) is 6.17. The van der Waals surface area contributed by atoms with Crippen molar-refractivity contribution < 1.29 is 9.90 Å². The molecule has 1 aliphatic heterocycles. The normalized spacial score (nSPS) is 15.4. The van der Waals surface area contributed by atoms with Crippen molar-refractivity contribution >= 4 is 5.91 Å². The van der Waals surface area contributed by atoms with Gasteiger partial charge in [-0.25, -0.2) is 0 Å². The van der Waals surface area contributed by atoms with Gasteiger partial charge in [-0.1, -0.05) is 13.8 Å². The molecule has 0 aromatic rings. The van der Waals surface area contributed by atoms with Crippen molar-refractivity contribution in [3.8, 4) is 0 Å². The Morgan fingerprint density at radius 3 is 2.35 bits per heavy atom. The van der Waals surface area contributed by atoms with Crippen LogP contribution in [0.5, 0.6) is 0 Å². The molecule has 1 amide bonds. The molecule has 0 spiro atoms. The third kappa shape index (κ3) is 3.30. The van der Waals surface area contributed by atoms with Crippen molar-refractivity contribution in [2.45, 2.75) is 33.6 Å². The summed E-state index contributed by atoms with van der Waals surface area (Å²) in [5, 5.41) is 15.5. The number of rotatable bonds is 6. The number of nitrogens with one attached hydrogen (secondary N) is 2. The first-order valence-corrected chi connectivity index (χ1v) is 6.37. The second-order valence-corrected chi connectivity index (χ2v) is 4.88. The maximum Gasteiger partial charge on any atom is 0.246 e. The van der Waals surface area contributed by atoms with E-state index in [1.54, 1.807) is 0 Å². The lowest BCUT2D eigenvalue weighted by atomic mass is 9.83. The largest absolute Gasteiger partial charge is 0.396 e. The van der Waals surface area contributed by atoms with Crippen LogP contribution < -0.4 is 10.6 Å². The average Bonchev–Trinajstić information content (AvgIpc) is 2.29. The lowest BCUT2D eigenvalue weighted by Gasteiger charge is -2.30. The molecule has 0 atom stereocenters. The third-order valence-corrected chi connectivity index (χ3v) is 4.01. The number of carbonyl (C=O) groups excluding carboxylic acids is 1. The van der Waals surface area contributed by atoms with Crippen LogP contribution in [0.3, 0.4) is 0 Å². The van der Waals surface area contributed by atoms with E-state index >= 15 is 0 Å². The van der Waals surface area contributed by atoms with E-state index in [0.29, 0.717) is 6.54 Å². The predicted molar refractivity (Wildman–Crippen MR) is 68.7 cm³/mol. The van der Waals surface area contributed by atoms with Crippen LogP contribution in [0.1, 0.15) is 33.6 Å². The number of aliphatic hydroxyl groups excluding tert-OH is 1. The van der Waals surface area contributed by atoms with E-state index in [9.17, 15) is 9.90 Å². The van der Waals surface area contributed by atoms with Crippen LogP contribution in [0.4, 0.5) is 0 Å². The van der Waals surface area contributed by atoms with Crippen molar-refractivity contribution in [3.63, 3.8) is 0 Å². The number of carbonyl (C=O) groups is 1. The zero-order valence-corrected chi connectivity index (χ0v) is 11.1. The van der Waals surface area contributed by atoms with Crippen LogP contribution in [0.25, 0.3) is 0 Å². The zero-order valence-electron chi connectivity index (χ0n) is 11.1. The van der Waals surface area contributed by atoms with Gasteiger partial charge >= 0.3 is 0 Å². The van der Waals surface area contributed by atoms with Gasteiger partial charge in [0.15, 0.2) is 0 Å². The Morgan fingerprint density at radius 1 is 1.41 bits per heavy atom. The minimum atomic E-state index is -0.168. The second-order valence-electron chi connectivity index (χ2n) is 4.88.